The van der Waals surface area contributed by atoms with E-state index in [-0.39, 0.29) is 11.5 Å². The second-order valence-electron chi connectivity index (χ2n) is 8.20. The van der Waals surface area contributed by atoms with Crippen LogP contribution < -0.4 is 20.1 Å². The summed E-state index contributed by atoms with van der Waals surface area (Å²) in [6, 6.07) is 6.56. The molecule has 1 aromatic rings. The molecule has 2 N–H and O–H groups in total. The third-order valence-electron chi connectivity index (χ3n) is 6.04. The molecule has 2 fully saturated rings. The predicted octanol–water partition coefficient (Wildman–Crippen LogP) is 3.52. The lowest BCUT2D eigenvalue weighted by Crippen LogP contribution is -2.68. The molecule has 156 valence electrons. The number of aliphatic imine (C=N–C) groups is 1. The van der Waals surface area contributed by atoms with E-state index < -0.39 is 0 Å². The molecule has 2 aliphatic rings. The first-order valence-electron chi connectivity index (χ1n) is 10.4. The van der Waals surface area contributed by atoms with Crippen molar-refractivity contribution in [3.8, 4) is 11.5 Å². The van der Waals surface area contributed by atoms with Gasteiger partial charge in [0.15, 0.2) is 17.5 Å². The summed E-state index contributed by atoms with van der Waals surface area (Å²) < 4.78 is 17.3. The molecule has 4 atom stereocenters. The van der Waals surface area contributed by atoms with Crippen molar-refractivity contribution in [3.05, 3.63) is 23.8 Å². The number of ether oxygens (including phenoxy) is 3. The smallest absolute Gasteiger partial charge is 0.191 e. The summed E-state index contributed by atoms with van der Waals surface area (Å²) in [5, 5.41) is 7.16. The fourth-order valence-electron chi connectivity index (χ4n) is 4.56. The van der Waals surface area contributed by atoms with Gasteiger partial charge in [0.2, 0.25) is 0 Å². The Morgan fingerprint density at radius 2 is 1.96 bits per heavy atom. The quantitative estimate of drug-likeness (QED) is 0.552. The lowest BCUT2D eigenvalue weighted by atomic mass is 9.57. The van der Waals surface area contributed by atoms with E-state index in [9.17, 15) is 0 Å². The maximum Gasteiger partial charge on any atom is 0.191 e. The van der Waals surface area contributed by atoms with Crippen molar-refractivity contribution in [1.82, 2.24) is 10.6 Å². The van der Waals surface area contributed by atoms with E-state index >= 15 is 0 Å². The monoisotopic (exact) mass is 389 g/mol. The zero-order chi connectivity index (χ0) is 20.3. The van der Waals surface area contributed by atoms with Gasteiger partial charge < -0.3 is 24.8 Å². The van der Waals surface area contributed by atoms with E-state index in [0.717, 1.165) is 36.0 Å². The van der Waals surface area contributed by atoms with Crippen molar-refractivity contribution in [2.45, 2.75) is 59.2 Å². The Morgan fingerprint density at radius 1 is 1.25 bits per heavy atom. The number of guanidine groups is 1. The van der Waals surface area contributed by atoms with Gasteiger partial charge in [-0.2, -0.15) is 0 Å². The number of hydrogen-bond donors (Lipinski definition) is 2. The molecule has 0 amide bonds. The molecule has 3 rings (SSSR count). The minimum Gasteiger partial charge on any atom is -0.490 e. The Bertz CT molecular complexity index is 704. The Balaban J connectivity index is 1.67. The highest BCUT2D eigenvalue weighted by molar-refractivity contribution is 5.80. The standard InChI is InChI=1S/C22H35N3O3/c1-7-26-17-10-9-15(13-18(17)27-8-2)14(3)24-21(23-6)25-19-16-11-12-28-20(16)22(19,4)5/h9-10,13-14,16,19-20H,7-8,11-12H2,1-6H3,(H2,23,24,25). The summed E-state index contributed by atoms with van der Waals surface area (Å²) in [5.74, 6) is 2.96. The molecule has 0 aromatic heterocycles. The second kappa shape index (κ2) is 8.60. The van der Waals surface area contributed by atoms with Crippen LogP contribution in [0.4, 0.5) is 0 Å². The summed E-state index contributed by atoms with van der Waals surface area (Å²) >= 11 is 0. The van der Waals surface area contributed by atoms with Crippen LogP contribution in [0.5, 0.6) is 11.5 Å². The maximum absolute atomic E-state index is 5.90. The normalized spacial score (nSPS) is 26.8. The van der Waals surface area contributed by atoms with Crippen molar-refractivity contribution in [3.63, 3.8) is 0 Å². The second-order valence-corrected chi connectivity index (χ2v) is 8.20. The van der Waals surface area contributed by atoms with Crippen LogP contribution in [0.3, 0.4) is 0 Å². The first-order chi connectivity index (χ1) is 13.4. The van der Waals surface area contributed by atoms with Crippen LogP contribution in [0.25, 0.3) is 0 Å². The highest BCUT2D eigenvalue weighted by atomic mass is 16.5. The van der Waals surface area contributed by atoms with Gasteiger partial charge in [-0.15, -0.1) is 0 Å². The summed E-state index contributed by atoms with van der Waals surface area (Å²) in [7, 11) is 1.82. The molecular weight excluding hydrogens is 354 g/mol. The number of nitrogens with zero attached hydrogens (tertiary/aromatic N) is 1. The molecule has 1 aliphatic carbocycles. The third-order valence-corrected chi connectivity index (χ3v) is 6.04. The summed E-state index contributed by atoms with van der Waals surface area (Å²) in [6.45, 7) is 12.7. The zero-order valence-electron chi connectivity index (χ0n) is 18.0. The Hall–Kier alpha value is -1.95. The van der Waals surface area contributed by atoms with Gasteiger partial charge in [0.05, 0.1) is 25.4 Å². The average Bonchev–Trinajstić information content (AvgIpc) is 3.13. The Morgan fingerprint density at radius 3 is 2.64 bits per heavy atom. The lowest BCUT2D eigenvalue weighted by Gasteiger charge is -2.55. The van der Waals surface area contributed by atoms with Crippen LogP contribution in [0.15, 0.2) is 23.2 Å². The lowest BCUT2D eigenvalue weighted by molar-refractivity contribution is -0.106. The fraction of sp³-hybridized carbons (Fsp3) is 0.682. The molecule has 4 unspecified atom stereocenters. The Labute approximate surface area is 169 Å². The van der Waals surface area contributed by atoms with Crippen molar-refractivity contribution in [1.29, 1.82) is 0 Å². The van der Waals surface area contributed by atoms with Crippen molar-refractivity contribution in [2.75, 3.05) is 26.9 Å². The van der Waals surface area contributed by atoms with Gasteiger partial charge >= 0.3 is 0 Å². The largest absolute Gasteiger partial charge is 0.490 e. The Kier molecular flexibility index (Phi) is 6.38. The SMILES string of the molecule is CCOc1ccc(C(C)NC(=NC)NC2C3CCOC3C2(C)C)cc1OCC. The van der Waals surface area contributed by atoms with Crippen LogP contribution in [0.2, 0.25) is 0 Å². The molecule has 1 saturated heterocycles. The zero-order valence-corrected chi connectivity index (χ0v) is 18.0. The third kappa shape index (κ3) is 3.93. The van der Waals surface area contributed by atoms with Gasteiger partial charge in [-0.05, 0) is 44.9 Å². The topological polar surface area (TPSA) is 64.1 Å². The van der Waals surface area contributed by atoms with E-state index in [0.29, 0.717) is 31.3 Å². The number of rotatable bonds is 7. The molecule has 6 heteroatoms. The summed E-state index contributed by atoms with van der Waals surface area (Å²) in [6.07, 6.45) is 1.48. The fourth-order valence-corrected chi connectivity index (χ4v) is 4.56. The summed E-state index contributed by atoms with van der Waals surface area (Å²) in [4.78, 5) is 4.46. The molecule has 1 aliphatic heterocycles. The van der Waals surface area contributed by atoms with Crippen molar-refractivity contribution >= 4 is 5.96 Å². The maximum atomic E-state index is 5.90. The predicted molar refractivity (Wildman–Crippen MR) is 112 cm³/mol. The van der Waals surface area contributed by atoms with E-state index in [2.05, 4.69) is 42.5 Å². The van der Waals surface area contributed by atoms with E-state index in [1.807, 2.05) is 33.0 Å². The summed E-state index contributed by atoms with van der Waals surface area (Å²) in [5.41, 5.74) is 1.24. The highest BCUT2D eigenvalue weighted by Crippen LogP contribution is 2.52. The van der Waals surface area contributed by atoms with E-state index in [4.69, 9.17) is 14.2 Å². The molecule has 1 saturated carbocycles. The van der Waals surface area contributed by atoms with Crippen LogP contribution in [-0.4, -0.2) is 45.0 Å². The number of fused-ring (bicyclic) bond motifs is 1. The van der Waals surface area contributed by atoms with E-state index in [1.54, 1.807) is 0 Å². The number of benzene rings is 1. The molecular formula is C22H35N3O3. The number of hydrogen-bond acceptors (Lipinski definition) is 4. The van der Waals surface area contributed by atoms with Crippen molar-refractivity contribution < 1.29 is 14.2 Å². The number of nitrogens with one attached hydrogen (secondary N) is 2. The molecule has 0 radical (unpaired) electrons. The minimum atomic E-state index is 0.0832. The highest BCUT2D eigenvalue weighted by Gasteiger charge is 2.59. The first kappa shape index (κ1) is 20.8. The van der Waals surface area contributed by atoms with Gasteiger partial charge in [0.1, 0.15) is 0 Å². The van der Waals surface area contributed by atoms with E-state index in [1.165, 1.54) is 0 Å². The minimum absolute atomic E-state index is 0.0832. The van der Waals surface area contributed by atoms with Crippen LogP contribution in [-0.2, 0) is 4.74 Å². The van der Waals surface area contributed by atoms with Gasteiger partial charge in [-0.1, -0.05) is 19.9 Å². The average molecular weight is 390 g/mol. The van der Waals surface area contributed by atoms with Crippen LogP contribution >= 0.6 is 0 Å². The van der Waals surface area contributed by atoms with Crippen LogP contribution in [0.1, 0.15) is 52.6 Å². The molecule has 1 aromatic carbocycles. The molecule has 28 heavy (non-hydrogen) atoms. The van der Waals surface area contributed by atoms with Crippen LogP contribution in [0, 0.1) is 11.3 Å². The van der Waals surface area contributed by atoms with Gasteiger partial charge in [-0.3, -0.25) is 4.99 Å². The molecule has 1 heterocycles. The van der Waals surface area contributed by atoms with Gasteiger partial charge in [0.25, 0.3) is 0 Å². The van der Waals surface area contributed by atoms with Gasteiger partial charge in [-0.25, -0.2) is 0 Å². The molecule has 6 nitrogen and oxygen atoms in total. The molecule has 0 spiro atoms. The first-order valence-corrected chi connectivity index (χ1v) is 10.4. The van der Waals surface area contributed by atoms with Crippen molar-refractivity contribution in [2.24, 2.45) is 16.3 Å². The molecule has 0 bridgehead atoms. The van der Waals surface area contributed by atoms with Gasteiger partial charge in [0, 0.05) is 31.0 Å².